The number of rotatable bonds is 13. The molecule has 6 unspecified atom stereocenters. The van der Waals surface area contributed by atoms with Crippen molar-refractivity contribution in [3.8, 4) is 0 Å². The number of likely N-dealkylation sites (N-methyl/N-ethyl adjacent to an activating group) is 1. The van der Waals surface area contributed by atoms with E-state index in [9.17, 15) is 45.0 Å². The Morgan fingerprint density at radius 1 is 0.905 bits per heavy atom. The Bertz CT molecular complexity index is 1010. The molecule has 1 aromatic rings. The normalized spacial score (nSPS) is 20.0. The third-order valence-corrected chi connectivity index (χ3v) is 7.24. The van der Waals surface area contributed by atoms with Crippen LogP contribution in [-0.4, -0.2) is 156 Å². The Kier molecular flexibility index (Phi) is 16.6. The summed E-state index contributed by atoms with van der Waals surface area (Å²) in [7, 11) is 1.87. The van der Waals surface area contributed by atoms with Gasteiger partial charge in [-0.1, -0.05) is 6.07 Å². The van der Waals surface area contributed by atoms with E-state index in [1.54, 1.807) is 30.0 Å². The van der Waals surface area contributed by atoms with Crippen LogP contribution in [0.15, 0.2) is 18.2 Å². The number of carbonyl (C=O) groups is 3. The Labute approximate surface area is 255 Å². The Morgan fingerprint density at radius 2 is 1.45 bits per heavy atom. The van der Waals surface area contributed by atoms with Crippen LogP contribution in [0.2, 0.25) is 0 Å². The summed E-state index contributed by atoms with van der Waals surface area (Å²) in [6, 6.07) is 3.59. The van der Waals surface area contributed by atoms with Crippen LogP contribution in [0.3, 0.4) is 0 Å². The van der Waals surface area contributed by atoms with Gasteiger partial charge < -0.3 is 46.0 Å². The van der Waals surface area contributed by atoms with Gasteiger partial charge >= 0.3 is 11.9 Å². The number of carboxylic acid groups (broad SMARTS) is 2. The molecule has 0 saturated heterocycles. The van der Waals surface area contributed by atoms with Crippen LogP contribution in [-0.2, 0) is 44.5 Å². The predicted molar refractivity (Wildman–Crippen MR) is 144 cm³/mol. The van der Waals surface area contributed by atoms with Gasteiger partial charge in [-0.2, -0.15) is 0 Å². The molecular formula is C26H43MnN5O10. The first-order valence-corrected chi connectivity index (χ1v) is 13.5. The van der Waals surface area contributed by atoms with E-state index in [-0.39, 0.29) is 36.5 Å². The van der Waals surface area contributed by atoms with E-state index in [0.717, 1.165) is 0 Å². The molecule has 0 saturated carbocycles. The van der Waals surface area contributed by atoms with Crippen molar-refractivity contribution in [2.24, 2.45) is 0 Å². The van der Waals surface area contributed by atoms with Crippen molar-refractivity contribution in [2.75, 3.05) is 46.4 Å². The largest absolute Gasteiger partial charge is 0.480 e. The number of aromatic nitrogens is 1. The molecule has 239 valence electrons. The van der Waals surface area contributed by atoms with Crippen LogP contribution >= 0.6 is 0 Å². The van der Waals surface area contributed by atoms with E-state index >= 15 is 0 Å². The van der Waals surface area contributed by atoms with E-state index in [1.807, 2.05) is 16.8 Å². The number of hydrogen-bond donors (Lipinski definition) is 8. The van der Waals surface area contributed by atoms with Crippen LogP contribution in [0.4, 0.5) is 0 Å². The van der Waals surface area contributed by atoms with E-state index in [1.165, 1.54) is 0 Å². The van der Waals surface area contributed by atoms with Crippen LogP contribution in [0, 0.1) is 0 Å². The average molecular weight is 641 g/mol. The number of nitrogens with zero attached hydrogens (tertiary/aromatic N) is 4. The Hall–Kier alpha value is -2.24. The molecule has 2 bridgehead atoms. The monoisotopic (exact) mass is 640 g/mol. The minimum atomic E-state index is -1.83. The summed E-state index contributed by atoms with van der Waals surface area (Å²) in [5.41, 5.74) is 1.26. The smallest absolute Gasteiger partial charge is 0.320 e. The average Bonchev–Trinajstić information content (AvgIpc) is 2.94. The SMILES string of the molecule is CC(C(=O)O)N1CCN(C)CCN(C(CCC(=O)NCC(O)C(O)C(O)C(O)CO)C(=O)O)Cc2cccc(n2)C1.[Mn]. The van der Waals surface area contributed by atoms with Gasteiger partial charge in [0.1, 0.15) is 30.4 Å². The van der Waals surface area contributed by atoms with Crippen molar-refractivity contribution in [1.29, 1.82) is 0 Å². The maximum absolute atomic E-state index is 12.4. The number of fused-ring (bicyclic) bond motifs is 2. The fraction of sp³-hybridized carbons (Fsp3) is 0.692. The summed E-state index contributed by atoms with van der Waals surface area (Å²) in [6.07, 6.45) is -7.23. The number of aliphatic hydroxyl groups excluding tert-OH is 5. The number of hydrogen-bond acceptors (Lipinski definition) is 12. The number of pyridine rings is 1. The minimum absolute atomic E-state index is 0. The summed E-state index contributed by atoms with van der Waals surface area (Å²) in [5, 5.41) is 69.8. The second-order valence-electron chi connectivity index (χ2n) is 10.4. The standard InChI is InChI=1S/C26H43N5O10.Mn/c1-16(25(38)39)30-10-8-29(2)9-11-31(14-18-5-3-4-17(13-30)28-18)19(26(40)41)6-7-22(35)27-12-20(33)23(36)24(37)21(34)15-32;/h3-5,16,19-21,23-24,32-34,36-37H,6-15H2,1-2H3,(H,27,35)(H,38,39)(H,40,41);. The van der Waals surface area contributed by atoms with Gasteiger partial charge in [0.15, 0.2) is 0 Å². The number of carbonyl (C=O) groups excluding carboxylic acids is 1. The fourth-order valence-corrected chi connectivity index (χ4v) is 4.46. The molecule has 1 aliphatic heterocycles. The molecule has 6 atom stereocenters. The first-order valence-electron chi connectivity index (χ1n) is 13.5. The zero-order valence-corrected chi connectivity index (χ0v) is 25.0. The summed E-state index contributed by atoms with van der Waals surface area (Å²) in [5.74, 6) is -2.64. The molecule has 2 heterocycles. The molecule has 16 heteroatoms. The summed E-state index contributed by atoms with van der Waals surface area (Å²) < 4.78 is 0. The number of carboxylic acids is 2. The third kappa shape index (κ3) is 11.8. The number of amides is 1. The summed E-state index contributed by atoms with van der Waals surface area (Å²) >= 11 is 0. The predicted octanol–water partition coefficient (Wildman–Crippen LogP) is -3.11. The molecule has 8 N–H and O–H groups in total. The molecule has 42 heavy (non-hydrogen) atoms. The first-order chi connectivity index (χ1) is 19.3. The van der Waals surface area contributed by atoms with Gasteiger partial charge in [-0.3, -0.25) is 29.2 Å². The summed E-state index contributed by atoms with van der Waals surface area (Å²) in [4.78, 5) is 46.5. The molecule has 0 fully saturated rings. The minimum Gasteiger partial charge on any atom is -0.480 e. The van der Waals surface area contributed by atoms with Gasteiger partial charge in [0.25, 0.3) is 0 Å². The Balaban J connectivity index is 0.00000882. The van der Waals surface area contributed by atoms with Crippen LogP contribution in [0.1, 0.15) is 31.2 Å². The van der Waals surface area contributed by atoms with Gasteiger partial charge in [-0.25, -0.2) is 0 Å². The second kappa shape index (κ2) is 18.4. The van der Waals surface area contributed by atoms with Crippen LogP contribution in [0.25, 0.3) is 0 Å². The van der Waals surface area contributed by atoms with E-state index in [4.69, 9.17) is 5.11 Å². The quantitative estimate of drug-likeness (QED) is 0.0999. The van der Waals surface area contributed by atoms with Gasteiger partial charge in [-0.05, 0) is 32.5 Å². The zero-order valence-electron chi connectivity index (χ0n) is 23.8. The van der Waals surface area contributed by atoms with Crippen molar-refractivity contribution >= 4 is 17.8 Å². The van der Waals surface area contributed by atoms with Crippen molar-refractivity contribution in [3.63, 3.8) is 0 Å². The topological polar surface area (TPSA) is 227 Å². The van der Waals surface area contributed by atoms with E-state index in [0.29, 0.717) is 44.1 Å². The van der Waals surface area contributed by atoms with Crippen molar-refractivity contribution in [2.45, 2.75) is 69.4 Å². The van der Waals surface area contributed by atoms with E-state index in [2.05, 4.69) is 10.3 Å². The third-order valence-electron chi connectivity index (χ3n) is 7.24. The van der Waals surface area contributed by atoms with Crippen LogP contribution in [0.5, 0.6) is 0 Å². The molecule has 15 nitrogen and oxygen atoms in total. The first kappa shape index (κ1) is 37.8. The fourth-order valence-electron chi connectivity index (χ4n) is 4.46. The second-order valence-corrected chi connectivity index (χ2v) is 10.4. The Morgan fingerprint density at radius 3 is 2.00 bits per heavy atom. The van der Waals surface area contributed by atoms with E-state index < -0.39 is 67.5 Å². The molecule has 1 aliphatic rings. The number of nitrogens with one attached hydrogen (secondary N) is 1. The van der Waals surface area contributed by atoms with Crippen LogP contribution < -0.4 is 5.32 Å². The van der Waals surface area contributed by atoms with Gasteiger partial charge in [0.05, 0.1) is 24.1 Å². The van der Waals surface area contributed by atoms with Crippen molar-refractivity contribution < 1.29 is 67.2 Å². The number of aliphatic hydroxyl groups is 5. The van der Waals surface area contributed by atoms with Crippen molar-refractivity contribution in [1.82, 2.24) is 25.0 Å². The molecule has 1 radical (unpaired) electrons. The molecule has 0 aliphatic carbocycles. The molecule has 0 spiro atoms. The maximum atomic E-state index is 12.4. The van der Waals surface area contributed by atoms with Gasteiger partial charge in [-0.15, -0.1) is 0 Å². The summed E-state index contributed by atoms with van der Waals surface area (Å²) in [6.45, 7) is 2.67. The zero-order chi connectivity index (χ0) is 30.7. The van der Waals surface area contributed by atoms with Gasteiger partial charge in [0.2, 0.25) is 5.91 Å². The maximum Gasteiger partial charge on any atom is 0.320 e. The van der Waals surface area contributed by atoms with Gasteiger partial charge in [0, 0.05) is 69.3 Å². The molecule has 2 rings (SSSR count). The molecule has 1 amide bonds. The molecule has 0 aromatic carbocycles. The molecular weight excluding hydrogens is 597 g/mol. The molecule has 1 aromatic heterocycles. The van der Waals surface area contributed by atoms with Crippen molar-refractivity contribution in [3.05, 3.63) is 29.6 Å². The number of aliphatic carboxylic acids is 2.